The van der Waals surface area contributed by atoms with Crippen molar-refractivity contribution < 1.29 is 14.3 Å². The Balaban J connectivity index is 2.03. The number of hydrazone groups is 1. The van der Waals surface area contributed by atoms with Crippen molar-refractivity contribution in [3.63, 3.8) is 0 Å². The van der Waals surface area contributed by atoms with Gasteiger partial charge < -0.3 is 10.1 Å². The van der Waals surface area contributed by atoms with Crippen LogP contribution in [0, 0.1) is 0 Å². The van der Waals surface area contributed by atoms with Gasteiger partial charge in [-0.05, 0) is 18.2 Å². The first-order valence-electron chi connectivity index (χ1n) is 7.12. The van der Waals surface area contributed by atoms with Crippen molar-refractivity contribution in [3.8, 4) is 5.75 Å². The topological polar surface area (TPSA) is 79.8 Å². The van der Waals surface area contributed by atoms with E-state index in [0.29, 0.717) is 22.9 Å². The molecule has 0 heterocycles. The van der Waals surface area contributed by atoms with Crippen LogP contribution in [0.3, 0.4) is 0 Å². The van der Waals surface area contributed by atoms with E-state index in [0.717, 1.165) is 5.56 Å². The fourth-order valence-electron chi connectivity index (χ4n) is 1.81. The van der Waals surface area contributed by atoms with Gasteiger partial charge in [0.2, 0.25) is 0 Å². The third kappa shape index (κ3) is 4.82. The minimum absolute atomic E-state index is 0.301. The van der Waals surface area contributed by atoms with E-state index in [1.165, 1.54) is 13.3 Å². The number of nitrogens with one attached hydrogen (secondary N) is 2. The van der Waals surface area contributed by atoms with Gasteiger partial charge in [0.1, 0.15) is 12.4 Å². The molecule has 0 saturated heterocycles. The Morgan fingerprint density at radius 1 is 1.12 bits per heavy atom. The molecule has 2 amide bonds. The molecule has 0 aromatic heterocycles. The molecule has 0 fully saturated rings. The Morgan fingerprint density at radius 2 is 1.83 bits per heavy atom. The molecule has 0 atom stereocenters. The lowest BCUT2D eigenvalue weighted by molar-refractivity contribution is -0.138. The SMILES string of the molecule is CNC(=O)C(=O)N/N=C\c1ccccc1OCc1ccccc1Cl. The third-order valence-electron chi connectivity index (χ3n) is 3.06. The maximum absolute atomic E-state index is 11.3. The molecule has 0 unspecified atom stereocenters. The summed E-state index contributed by atoms with van der Waals surface area (Å²) in [7, 11) is 1.36. The van der Waals surface area contributed by atoms with Crippen molar-refractivity contribution in [1.82, 2.24) is 10.7 Å². The van der Waals surface area contributed by atoms with E-state index in [1.807, 2.05) is 30.3 Å². The number of amides is 2. The van der Waals surface area contributed by atoms with Crippen LogP contribution in [0.4, 0.5) is 0 Å². The van der Waals surface area contributed by atoms with Gasteiger partial charge in [-0.2, -0.15) is 5.10 Å². The highest BCUT2D eigenvalue weighted by Crippen LogP contribution is 2.20. The summed E-state index contributed by atoms with van der Waals surface area (Å²) in [4.78, 5) is 22.4. The fourth-order valence-corrected chi connectivity index (χ4v) is 2.00. The lowest BCUT2D eigenvalue weighted by Crippen LogP contribution is -2.35. The molecule has 2 rings (SSSR count). The maximum atomic E-state index is 11.3. The predicted molar refractivity (Wildman–Crippen MR) is 92.0 cm³/mol. The van der Waals surface area contributed by atoms with Gasteiger partial charge in [0.25, 0.3) is 0 Å². The number of hydrogen-bond donors (Lipinski definition) is 2. The molecule has 2 aromatic carbocycles. The van der Waals surface area contributed by atoms with Crippen LogP contribution in [0.15, 0.2) is 53.6 Å². The van der Waals surface area contributed by atoms with Gasteiger partial charge in [0.15, 0.2) is 0 Å². The summed E-state index contributed by atoms with van der Waals surface area (Å²) in [5, 5.41) is 6.59. The van der Waals surface area contributed by atoms with Gasteiger partial charge in [0.05, 0.1) is 6.21 Å². The summed E-state index contributed by atoms with van der Waals surface area (Å²) in [5.74, 6) is -1.03. The Hall–Kier alpha value is -2.86. The average Bonchev–Trinajstić information content (AvgIpc) is 2.61. The molecular formula is C17H16ClN3O3. The molecule has 0 aliphatic heterocycles. The number of likely N-dealkylation sites (N-methyl/N-ethyl adjacent to an activating group) is 1. The molecule has 7 heteroatoms. The Morgan fingerprint density at radius 3 is 2.58 bits per heavy atom. The Bertz CT molecular complexity index is 762. The van der Waals surface area contributed by atoms with Crippen molar-refractivity contribution in [1.29, 1.82) is 0 Å². The largest absolute Gasteiger partial charge is 0.488 e. The highest BCUT2D eigenvalue weighted by atomic mass is 35.5. The van der Waals surface area contributed by atoms with Crippen LogP contribution in [0.25, 0.3) is 0 Å². The Labute approximate surface area is 144 Å². The molecular weight excluding hydrogens is 330 g/mol. The van der Waals surface area contributed by atoms with Gasteiger partial charge in [-0.3, -0.25) is 9.59 Å². The van der Waals surface area contributed by atoms with Gasteiger partial charge in [-0.15, -0.1) is 0 Å². The van der Waals surface area contributed by atoms with E-state index in [-0.39, 0.29) is 0 Å². The van der Waals surface area contributed by atoms with E-state index < -0.39 is 11.8 Å². The number of benzene rings is 2. The minimum atomic E-state index is -0.844. The molecule has 0 aliphatic rings. The van der Waals surface area contributed by atoms with Crippen LogP contribution in [0.2, 0.25) is 5.02 Å². The monoisotopic (exact) mass is 345 g/mol. The first-order valence-corrected chi connectivity index (χ1v) is 7.50. The van der Waals surface area contributed by atoms with E-state index in [1.54, 1.807) is 18.2 Å². The molecule has 0 bridgehead atoms. The molecule has 6 nitrogen and oxygen atoms in total. The Kier molecular flexibility index (Phi) is 6.33. The summed E-state index contributed by atoms with van der Waals surface area (Å²) in [6.45, 7) is 0.301. The van der Waals surface area contributed by atoms with Crippen LogP contribution < -0.4 is 15.5 Å². The minimum Gasteiger partial charge on any atom is -0.488 e. The third-order valence-corrected chi connectivity index (χ3v) is 3.43. The summed E-state index contributed by atoms with van der Waals surface area (Å²) >= 11 is 6.10. The molecule has 0 aliphatic carbocycles. The first kappa shape index (κ1) is 17.5. The van der Waals surface area contributed by atoms with E-state index >= 15 is 0 Å². The normalized spacial score (nSPS) is 10.4. The summed E-state index contributed by atoms with van der Waals surface area (Å²) < 4.78 is 5.76. The molecule has 0 radical (unpaired) electrons. The lowest BCUT2D eigenvalue weighted by atomic mass is 10.2. The molecule has 124 valence electrons. The molecule has 24 heavy (non-hydrogen) atoms. The van der Waals surface area contributed by atoms with Crippen LogP contribution in [0.5, 0.6) is 5.75 Å². The molecule has 2 aromatic rings. The van der Waals surface area contributed by atoms with Crippen LogP contribution in [-0.2, 0) is 16.2 Å². The standard InChI is InChI=1S/C17H16ClN3O3/c1-19-16(22)17(23)21-20-10-12-6-3-5-9-15(12)24-11-13-7-2-4-8-14(13)18/h2-10H,11H2,1H3,(H,19,22)(H,21,23)/b20-10-. The number of nitrogens with zero attached hydrogens (tertiary/aromatic N) is 1. The first-order chi connectivity index (χ1) is 11.6. The predicted octanol–water partition coefficient (Wildman–Crippen LogP) is 2.12. The number of carbonyl (C=O) groups excluding carboxylic acids is 2. The highest BCUT2D eigenvalue weighted by molar-refractivity contribution is 6.35. The smallest absolute Gasteiger partial charge is 0.329 e. The second-order valence-electron chi connectivity index (χ2n) is 4.70. The van der Waals surface area contributed by atoms with E-state index in [2.05, 4.69) is 15.8 Å². The zero-order valence-corrected chi connectivity index (χ0v) is 13.7. The zero-order valence-electron chi connectivity index (χ0n) is 13.0. The van der Waals surface area contributed by atoms with Crippen molar-refractivity contribution in [2.24, 2.45) is 5.10 Å². The van der Waals surface area contributed by atoms with Crippen LogP contribution in [0.1, 0.15) is 11.1 Å². The van der Waals surface area contributed by atoms with Gasteiger partial charge in [-0.25, -0.2) is 5.43 Å². The summed E-state index contributed by atoms with van der Waals surface area (Å²) in [5.41, 5.74) is 3.65. The van der Waals surface area contributed by atoms with Gasteiger partial charge in [0, 0.05) is 23.2 Å². The fraction of sp³-hybridized carbons (Fsp3) is 0.118. The summed E-state index contributed by atoms with van der Waals surface area (Å²) in [6.07, 6.45) is 1.41. The molecule has 2 N–H and O–H groups in total. The maximum Gasteiger partial charge on any atom is 0.329 e. The zero-order chi connectivity index (χ0) is 17.4. The van der Waals surface area contributed by atoms with Gasteiger partial charge in [-0.1, -0.05) is 41.9 Å². The van der Waals surface area contributed by atoms with Crippen molar-refractivity contribution in [2.75, 3.05) is 7.05 Å². The summed E-state index contributed by atoms with van der Waals surface area (Å²) in [6, 6.07) is 14.6. The highest BCUT2D eigenvalue weighted by Gasteiger charge is 2.09. The van der Waals surface area contributed by atoms with E-state index in [4.69, 9.17) is 16.3 Å². The lowest BCUT2D eigenvalue weighted by Gasteiger charge is -2.10. The van der Waals surface area contributed by atoms with Crippen molar-refractivity contribution >= 4 is 29.6 Å². The average molecular weight is 346 g/mol. The molecule has 0 saturated carbocycles. The van der Waals surface area contributed by atoms with Gasteiger partial charge >= 0.3 is 11.8 Å². The van der Waals surface area contributed by atoms with E-state index in [9.17, 15) is 9.59 Å². The number of ether oxygens (including phenoxy) is 1. The van der Waals surface area contributed by atoms with Crippen LogP contribution in [-0.4, -0.2) is 25.1 Å². The number of carbonyl (C=O) groups is 2. The second-order valence-corrected chi connectivity index (χ2v) is 5.10. The number of hydrogen-bond acceptors (Lipinski definition) is 4. The van der Waals surface area contributed by atoms with Crippen LogP contribution >= 0.6 is 11.6 Å². The number of para-hydroxylation sites is 1. The number of halogens is 1. The van der Waals surface area contributed by atoms with Crippen molar-refractivity contribution in [3.05, 3.63) is 64.7 Å². The quantitative estimate of drug-likeness (QED) is 0.495. The molecule has 0 spiro atoms. The van der Waals surface area contributed by atoms with Crippen molar-refractivity contribution in [2.45, 2.75) is 6.61 Å². The number of rotatable bonds is 5. The second kappa shape index (κ2) is 8.69.